The Bertz CT molecular complexity index is 1160. The van der Waals surface area contributed by atoms with Crippen molar-refractivity contribution in [3.63, 3.8) is 0 Å². The van der Waals surface area contributed by atoms with Crippen molar-refractivity contribution >= 4 is 33.1 Å². The molecule has 2 aliphatic rings. The number of hydrogen-bond donors (Lipinski definition) is 1. The summed E-state index contributed by atoms with van der Waals surface area (Å²) in [4.78, 5) is 12.4. The van der Waals surface area contributed by atoms with E-state index in [9.17, 15) is 0 Å². The average molecular weight is 392 g/mol. The molecule has 1 fully saturated rings. The smallest absolute Gasteiger partial charge is 0.227 e. The van der Waals surface area contributed by atoms with Crippen molar-refractivity contribution in [3.05, 3.63) is 40.8 Å². The molecule has 6 nitrogen and oxygen atoms in total. The number of nitrogens with zero attached hydrogens (tertiary/aromatic N) is 4. The van der Waals surface area contributed by atoms with Crippen LogP contribution in [0.2, 0.25) is 0 Å². The molecule has 0 spiro atoms. The van der Waals surface area contributed by atoms with Gasteiger partial charge in [-0.3, -0.25) is 0 Å². The zero-order valence-corrected chi connectivity index (χ0v) is 16.3. The summed E-state index contributed by atoms with van der Waals surface area (Å²) in [5, 5.41) is 9.50. The SMILES string of the molecule is c1ccc(-c2nc3c4c5c(sc4nc(NC[C@@H]4CCCO4)n3n2)CCC5)cc1. The summed E-state index contributed by atoms with van der Waals surface area (Å²) in [6, 6.07) is 10.2. The molecule has 0 saturated carbocycles. The second kappa shape index (κ2) is 6.53. The lowest BCUT2D eigenvalue weighted by atomic mass is 10.2. The molecular formula is C21H21N5OS. The normalized spacial score (nSPS) is 18.9. The van der Waals surface area contributed by atoms with Crippen LogP contribution >= 0.6 is 11.3 Å². The largest absolute Gasteiger partial charge is 0.376 e. The first-order valence-corrected chi connectivity index (χ1v) is 10.8. The Morgan fingerprint density at radius 3 is 2.93 bits per heavy atom. The Morgan fingerprint density at radius 1 is 1.14 bits per heavy atom. The lowest BCUT2D eigenvalue weighted by Crippen LogP contribution is -2.20. The van der Waals surface area contributed by atoms with Crippen molar-refractivity contribution in [2.24, 2.45) is 0 Å². The summed E-state index contributed by atoms with van der Waals surface area (Å²) >= 11 is 1.82. The number of fused-ring (bicyclic) bond motifs is 5. The zero-order chi connectivity index (χ0) is 18.5. The highest BCUT2D eigenvalue weighted by atomic mass is 32.1. The fraction of sp³-hybridized carbons (Fsp3) is 0.381. The quantitative estimate of drug-likeness (QED) is 0.568. The first kappa shape index (κ1) is 16.4. The summed E-state index contributed by atoms with van der Waals surface area (Å²) in [7, 11) is 0. The average Bonchev–Trinajstić information content (AvgIpc) is 3.49. The summed E-state index contributed by atoms with van der Waals surface area (Å²) in [5.41, 5.74) is 3.37. The molecule has 1 aromatic carbocycles. The van der Waals surface area contributed by atoms with Crippen LogP contribution in [0.1, 0.15) is 29.7 Å². The van der Waals surface area contributed by atoms with Crippen LogP contribution in [0.15, 0.2) is 30.3 Å². The number of aryl methyl sites for hydroxylation is 2. The molecule has 0 radical (unpaired) electrons. The summed E-state index contributed by atoms with van der Waals surface area (Å²) in [5.74, 6) is 1.50. The maximum atomic E-state index is 5.77. The topological polar surface area (TPSA) is 64.3 Å². The number of hydrogen-bond acceptors (Lipinski definition) is 6. The Labute approximate surface area is 166 Å². The molecule has 7 heteroatoms. The molecule has 1 aliphatic carbocycles. The molecular weight excluding hydrogens is 370 g/mol. The number of aromatic nitrogens is 4. The van der Waals surface area contributed by atoms with Crippen LogP contribution in [-0.4, -0.2) is 38.8 Å². The highest BCUT2D eigenvalue weighted by molar-refractivity contribution is 7.19. The van der Waals surface area contributed by atoms with Crippen LogP contribution in [0.5, 0.6) is 0 Å². The van der Waals surface area contributed by atoms with E-state index in [0.717, 1.165) is 66.6 Å². The Kier molecular flexibility index (Phi) is 3.84. The second-order valence-electron chi connectivity index (χ2n) is 7.53. The second-order valence-corrected chi connectivity index (χ2v) is 8.61. The van der Waals surface area contributed by atoms with Crippen LogP contribution in [-0.2, 0) is 17.6 Å². The van der Waals surface area contributed by atoms with Gasteiger partial charge in [-0.15, -0.1) is 16.4 Å². The molecule has 0 amide bonds. The minimum Gasteiger partial charge on any atom is -0.376 e. The highest BCUT2D eigenvalue weighted by Crippen LogP contribution is 2.39. The van der Waals surface area contributed by atoms with Gasteiger partial charge in [-0.1, -0.05) is 30.3 Å². The molecule has 142 valence electrons. The predicted octanol–water partition coefficient (Wildman–Crippen LogP) is 4.09. The van der Waals surface area contributed by atoms with Crippen LogP contribution < -0.4 is 5.32 Å². The minimum absolute atomic E-state index is 0.248. The van der Waals surface area contributed by atoms with E-state index in [1.165, 1.54) is 22.2 Å². The number of rotatable bonds is 4. The maximum absolute atomic E-state index is 5.77. The third-order valence-corrected chi connectivity index (χ3v) is 6.87. The fourth-order valence-corrected chi connectivity index (χ4v) is 5.55. The van der Waals surface area contributed by atoms with Crippen LogP contribution in [0.25, 0.3) is 27.3 Å². The summed E-state index contributed by atoms with van der Waals surface area (Å²) in [6.45, 7) is 1.60. The Balaban J connectivity index is 1.52. The fourth-order valence-electron chi connectivity index (χ4n) is 4.30. The van der Waals surface area contributed by atoms with E-state index >= 15 is 0 Å². The van der Waals surface area contributed by atoms with E-state index in [0.29, 0.717) is 0 Å². The van der Waals surface area contributed by atoms with Gasteiger partial charge in [0.1, 0.15) is 4.83 Å². The van der Waals surface area contributed by atoms with Gasteiger partial charge in [0.15, 0.2) is 11.5 Å². The van der Waals surface area contributed by atoms with Crippen molar-refractivity contribution < 1.29 is 4.74 Å². The molecule has 3 aromatic heterocycles. The van der Waals surface area contributed by atoms with E-state index in [1.54, 1.807) is 0 Å². The molecule has 4 aromatic rings. The van der Waals surface area contributed by atoms with Crippen molar-refractivity contribution in [2.75, 3.05) is 18.5 Å². The van der Waals surface area contributed by atoms with Gasteiger partial charge in [0.2, 0.25) is 5.95 Å². The number of anilines is 1. The standard InChI is InChI=1S/C21H21N5OS/c1-2-6-13(7-3-1)18-23-19-17-15-9-4-10-16(15)28-20(17)24-21(26(19)25-18)22-12-14-8-5-11-27-14/h1-3,6-7,14H,4-5,8-12H2,(H,22,24)/t14-/m0/s1. The summed E-state index contributed by atoms with van der Waals surface area (Å²) in [6.07, 6.45) is 5.97. The Morgan fingerprint density at radius 2 is 2.07 bits per heavy atom. The third-order valence-electron chi connectivity index (χ3n) is 5.69. The molecule has 4 heterocycles. The van der Waals surface area contributed by atoms with Gasteiger partial charge in [0, 0.05) is 23.6 Å². The van der Waals surface area contributed by atoms with E-state index in [1.807, 2.05) is 34.1 Å². The van der Waals surface area contributed by atoms with Gasteiger partial charge in [0.25, 0.3) is 0 Å². The van der Waals surface area contributed by atoms with Crippen molar-refractivity contribution in [1.29, 1.82) is 0 Å². The van der Waals surface area contributed by atoms with Crippen LogP contribution in [0.3, 0.4) is 0 Å². The van der Waals surface area contributed by atoms with Gasteiger partial charge in [-0.2, -0.15) is 4.52 Å². The zero-order valence-electron chi connectivity index (χ0n) is 15.5. The van der Waals surface area contributed by atoms with Gasteiger partial charge >= 0.3 is 0 Å². The van der Waals surface area contributed by atoms with E-state index < -0.39 is 0 Å². The molecule has 1 aliphatic heterocycles. The van der Waals surface area contributed by atoms with Gasteiger partial charge in [-0.25, -0.2) is 9.97 Å². The lowest BCUT2D eigenvalue weighted by molar-refractivity contribution is 0.120. The number of ether oxygens (including phenoxy) is 1. The van der Waals surface area contributed by atoms with Gasteiger partial charge in [0.05, 0.1) is 11.5 Å². The van der Waals surface area contributed by atoms with E-state index in [-0.39, 0.29) is 6.10 Å². The minimum atomic E-state index is 0.248. The lowest BCUT2D eigenvalue weighted by Gasteiger charge is -2.12. The van der Waals surface area contributed by atoms with E-state index in [4.69, 9.17) is 19.8 Å². The molecule has 6 rings (SSSR count). The third kappa shape index (κ3) is 2.61. The van der Waals surface area contributed by atoms with Crippen LogP contribution in [0.4, 0.5) is 5.95 Å². The molecule has 1 saturated heterocycles. The Hall–Kier alpha value is -2.51. The maximum Gasteiger partial charge on any atom is 0.227 e. The highest BCUT2D eigenvalue weighted by Gasteiger charge is 2.24. The first-order chi connectivity index (χ1) is 13.9. The predicted molar refractivity (Wildman–Crippen MR) is 111 cm³/mol. The molecule has 0 bridgehead atoms. The van der Waals surface area contributed by atoms with Crippen molar-refractivity contribution in [1.82, 2.24) is 19.6 Å². The van der Waals surface area contributed by atoms with E-state index in [2.05, 4.69) is 17.4 Å². The van der Waals surface area contributed by atoms with Crippen molar-refractivity contribution in [2.45, 2.75) is 38.2 Å². The summed E-state index contributed by atoms with van der Waals surface area (Å²) < 4.78 is 7.66. The molecule has 0 unspecified atom stereocenters. The number of thiophene rings is 1. The van der Waals surface area contributed by atoms with Gasteiger partial charge < -0.3 is 10.1 Å². The molecule has 1 atom stereocenters. The first-order valence-electron chi connectivity index (χ1n) is 9.99. The van der Waals surface area contributed by atoms with Crippen LogP contribution in [0, 0.1) is 0 Å². The number of nitrogens with one attached hydrogen (secondary N) is 1. The molecule has 1 N–H and O–H groups in total. The van der Waals surface area contributed by atoms with Crippen molar-refractivity contribution in [3.8, 4) is 11.4 Å². The number of benzene rings is 1. The van der Waals surface area contributed by atoms with Gasteiger partial charge in [-0.05, 0) is 37.7 Å². The monoisotopic (exact) mass is 391 g/mol. The molecule has 28 heavy (non-hydrogen) atoms.